The van der Waals surface area contributed by atoms with Crippen LogP contribution in [0.25, 0.3) is 33.1 Å². The first-order valence-electron chi connectivity index (χ1n) is 14.4. The maximum atomic E-state index is 6.44. The number of nitrogens with two attached hydrogens (primary N) is 1. The Kier molecular flexibility index (Phi) is 6.94. The fourth-order valence-corrected chi connectivity index (χ4v) is 6.69. The summed E-state index contributed by atoms with van der Waals surface area (Å²) in [5, 5.41) is 5.46. The predicted molar refractivity (Wildman–Crippen MR) is 166 cm³/mol. The molecule has 0 amide bonds. The minimum absolute atomic E-state index is 0.403. The number of rotatable bonds is 5. The van der Waals surface area contributed by atoms with E-state index in [-0.39, 0.29) is 0 Å². The number of hydrogen-bond acceptors (Lipinski definition) is 8. The van der Waals surface area contributed by atoms with Gasteiger partial charge in [0.15, 0.2) is 0 Å². The molecule has 2 fully saturated rings. The summed E-state index contributed by atoms with van der Waals surface area (Å²) in [6.45, 7) is 4.69. The predicted octanol–water partition coefficient (Wildman–Crippen LogP) is 5.75. The molecule has 0 spiro atoms. The molecule has 41 heavy (non-hydrogen) atoms. The molecule has 0 radical (unpaired) electrons. The van der Waals surface area contributed by atoms with Gasteiger partial charge in [-0.3, -0.25) is 4.90 Å². The lowest BCUT2D eigenvalue weighted by Gasteiger charge is -2.41. The Labute approximate surface area is 244 Å². The van der Waals surface area contributed by atoms with E-state index in [2.05, 4.69) is 60.0 Å². The molecule has 3 N–H and O–H groups in total. The van der Waals surface area contributed by atoms with Crippen molar-refractivity contribution in [2.75, 3.05) is 44.3 Å². The van der Waals surface area contributed by atoms with Gasteiger partial charge in [0.25, 0.3) is 0 Å². The van der Waals surface area contributed by atoms with E-state index >= 15 is 0 Å². The molecular weight excluding hydrogens is 534 g/mol. The quantitative estimate of drug-likeness (QED) is 0.259. The van der Waals surface area contributed by atoms with E-state index in [9.17, 15) is 0 Å². The third-order valence-electron chi connectivity index (χ3n) is 8.76. The number of halogens is 1. The average Bonchev–Trinajstić information content (AvgIpc) is 3.39. The minimum atomic E-state index is 0.403. The Morgan fingerprint density at radius 2 is 1.61 bits per heavy atom. The molecule has 4 heterocycles. The minimum Gasteiger partial charge on any atom is -0.383 e. The van der Waals surface area contributed by atoms with Crippen molar-refractivity contribution in [2.24, 2.45) is 0 Å². The van der Waals surface area contributed by atoms with Crippen LogP contribution in [0.3, 0.4) is 0 Å². The molecule has 210 valence electrons. The van der Waals surface area contributed by atoms with Crippen molar-refractivity contribution in [1.82, 2.24) is 34.3 Å². The van der Waals surface area contributed by atoms with Gasteiger partial charge in [-0.1, -0.05) is 35.9 Å². The number of likely N-dealkylation sites (N-methyl/N-ethyl adjacent to an activating group) is 1. The van der Waals surface area contributed by atoms with Crippen molar-refractivity contribution in [1.29, 1.82) is 0 Å². The number of fused-ring (bicyclic) bond motifs is 2. The number of anilines is 3. The zero-order valence-corrected chi connectivity index (χ0v) is 23.9. The van der Waals surface area contributed by atoms with Gasteiger partial charge in [-0.25, -0.2) is 19.9 Å². The monoisotopic (exact) mass is 567 g/mol. The van der Waals surface area contributed by atoms with Gasteiger partial charge in [-0.05, 0) is 62.6 Å². The van der Waals surface area contributed by atoms with Crippen LogP contribution >= 0.6 is 11.6 Å². The number of nitrogens with zero attached hydrogens (tertiary/aromatic N) is 7. The van der Waals surface area contributed by atoms with Gasteiger partial charge < -0.3 is 20.5 Å². The fourth-order valence-electron chi connectivity index (χ4n) is 6.45. The molecule has 10 heteroatoms. The molecule has 0 atom stereocenters. The van der Waals surface area contributed by atoms with Crippen molar-refractivity contribution in [2.45, 2.75) is 37.8 Å². The molecule has 1 saturated heterocycles. The van der Waals surface area contributed by atoms with E-state index in [0.717, 1.165) is 51.6 Å². The molecule has 2 aromatic carbocycles. The van der Waals surface area contributed by atoms with E-state index in [1.807, 2.05) is 36.4 Å². The first-order chi connectivity index (χ1) is 20.0. The molecule has 0 bridgehead atoms. The highest BCUT2D eigenvalue weighted by Gasteiger charge is 2.30. The normalized spacial score (nSPS) is 20.5. The van der Waals surface area contributed by atoms with Gasteiger partial charge in [0.2, 0.25) is 5.95 Å². The zero-order valence-electron chi connectivity index (χ0n) is 23.2. The largest absolute Gasteiger partial charge is 0.383 e. The number of nitrogens with one attached hydrogen (secondary N) is 1. The van der Waals surface area contributed by atoms with Crippen molar-refractivity contribution in [3.63, 3.8) is 0 Å². The van der Waals surface area contributed by atoms with Crippen LogP contribution in [0.1, 0.15) is 31.7 Å². The number of piperazine rings is 1. The Balaban J connectivity index is 1.13. The van der Waals surface area contributed by atoms with E-state index in [4.69, 9.17) is 22.3 Å². The molecule has 1 aliphatic heterocycles. The van der Waals surface area contributed by atoms with Crippen LogP contribution in [-0.2, 0) is 0 Å². The van der Waals surface area contributed by atoms with Crippen LogP contribution < -0.4 is 11.1 Å². The van der Waals surface area contributed by atoms with Crippen LogP contribution in [-0.4, -0.2) is 73.6 Å². The summed E-state index contributed by atoms with van der Waals surface area (Å²) in [6.07, 6.45) is 8.51. The maximum Gasteiger partial charge on any atom is 0.229 e. The molecule has 5 aromatic rings. The standard InChI is InChI=1S/C31H34ClN9/c1-39-14-16-40(17-15-39)22-10-12-23(13-11-22)41-18-25(27-29(33)34-19-35-30(27)41)20-6-8-21(9-7-20)36-31-37-26-5-3-2-4-24(26)28(32)38-31/h2-9,18-19,22-23H,10-17H2,1H3,(H2,33,34,35)(H,36,37,38). The van der Waals surface area contributed by atoms with E-state index < -0.39 is 0 Å². The number of hydrogen-bond donors (Lipinski definition) is 2. The van der Waals surface area contributed by atoms with Gasteiger partial charge in [0.05, 0.1) is 10.9 Å². The zero-order chi connectivity index (χ0) is 27.9. The lowest BCUT2D eigenvalue weighted by molar-refractivity contribution is 0.0828. The Hall–Kier alpha value is -3.79. The summed E-state index contributed by atoms with van der Waals surface area (Å²) in [5.41, 5.74) is 11.1. The number of nitrogen functional groups attached to an aromatic ring is 1. The summed E-state index contributed by atoms with van der Waals surface area (Å²) < 4.78 is 2.35. The second-order valence-corrected chi connectivity index (χ2v) is 11.6. The van der Waals surface area contributed by atoms with Gasteiger partial charge in [-0.15, -0.1) is 0 Å². The van der Waals surface area contributed by atoms with Crippen molar-refractivity contribution in [3.05, 3.63) is 66.2 Å². The van der Waals surface area contributed by atoms with Crippen LogP contribution in [0.5, 0.6) is 0 Å². The van der Waals surface area contributed by atoms with Crippen LogP contribution in [0.2, 0.25) is 5.15 Å². The number of aromatic nitrogens is 5. The number of para-hydroxylation sites is 1. The third-order valence-corrected chi connectivity index (χ3v) is 9.05. The second kappa shape index (κ2) is 10.9. The van der Waals surface area contributed by atoms with E-state index in [0.29, 0.717) is 29.0 Å². The highest BCUT2D eigenvalue weighted by molar-refractivity contribution is 6.34. The first kappa shape index (κ1) is 26.1. The molecule has 1 aliphatic carbocycles. The topological polar surface area (TPSA) is 101 Å². The van der Waals surface area contributed by atoms with Crippen LogP contribution in [0.15, 0.2) is 61.1 Å². The van der Waals surface area contributed by atoms with E-state index in [1.54, 1.807) is 6.33 Å². The SMILES string of the molecule is CN1CCN(C2CCC(n3cc(-c4ccc(Nc5nc(Cl)c6ccccc6n5)cc4)c4c(N)ncnc43)CC2)CC1. The number of benzene rings is 2. The van der Waals surface area contributed by atoms with Crippen LogP contribution in [0, 0.1) is 0 Å². The van der Waals surface area contributed by atoms with Crippen molar-refractivity contribution in [3.8, 4) is 11.1 Å². The maximum absolute atomic E-state index is 6.44. The average molecular weight is 568 g/mol. The highest BCUT2D eigenvalue weighted by Crippen LogP contribution is 2.39. The van der Waals surface area contributed by atoms with Crippen molar-refractivity contribution >= 4 is 51.0 Å². The Morgan fingerprint density at radius 1 is 0.878 bits per heavy atom. The second-order valence-electron chi connectivity index (χ2n) is 11.3. The van der Waals surface area contributed by atoms with Crippen molar-refractivity contribution < 1.29 is 0 Å². The summed E-state index contributed by atoms with van der Waals surface area (Å²) in [4.78, 5) is 23.2. The highest BCUT2D eigenvalue weighted by atomic mass is 35.5. The summed E-state index contributed by atoms with van der Waals surface area (Å²) in [6, 6.07) is 17.0. The first-order valence-corrected chi connectivity index (χ1v) is 14.7. The summed E-state index contributed by atoms with van der Waals surface area (Å²) in [7, 11) is 2.22. The van der Waals surface area contributed by atoms with E-state index in [1.165, 1.54) is 39.0 Å². The third kappa shape index (κ3) is 5.09. The summed E-state index contributed by atoms with van der Waals surface area (Å²) in [5.74, 6) is 0.971. The van der Waals surface area contributed by atoms with Gasteiger partial charge >= 0.3 is 0 Å². The Bertz CT molecular complexity index is 1680. The molecular formula is C31H34ClN9. The molecule has 7 rings (SSSR count). The van der Waals surface area contributed by atoms with Gasteiger partial charge in [0.1, 0.15) is 22.9 Å². The molecule has 9 nitrogen and oxygen atoms in total. The van der Waals surface area contributed by atoms with Gasteiger partial charge in [-0.2, -0.15) is 0 Å². The molecule has 0 unspecified atom stereocenters. The lowest BCUT2D eigenvalue weighted by atomic mass is 9.89. The van der Waals surface area contributed by atoms with Gasteiger partial charge in [0, 0.05) is 61.1 Å². The molecule has 3 aromatic heterocycles. The smallest absolute Gasteiger partial charge is 0.229 e. The molecule has 1 saturated carbocycles. The molecule has 2 aliphatic rings. The lowest BCUT2D eigenvalue weighted by Crippen LogP contribution is -2.49. The Morgan fingerprint density at radius 3 is 2.39 bits per heavy atom. The van der Waals surface area contributed by atoms with Crippen LogP contribution in [0.4, 0.5) is 17.5 Å². The summed E-state index contributed by atoms with van der Waals surface area (Å²) >= 11 is 6.40. The fraction of sp³-hybridized carbons (Fsp3) is 0.355.